The summed E-state index contributed by atoms with van der Waals surface area (Å²) in [5.74, 6) is -0.538. The molecule has 0 aliphatic carbocycles. The fourth-order valence-electron chi connectivity index (χ4n) is 3.72. The van der Waals surface area contributed by atoms with Crippen molar-refractivity contribution < 1.29 is 9.18 Å². The third kappa shape index (κ3) is 4.02. The molecule has 0 spiro atoms. The molecule has 1 amide bonds. The molecule has 8 nitrogen and oxygen atoms in total. The quantitative estimate of drug-likeness (QED) is 0.429. The van der Waals surface area contributed by atoms with Gasteiger partial charge in [-0.15, -0.1) is 0 Å². The molecule has 4 N–H and O–H groups in total. The zero-order chi connectivity index (χ0) is 23.5. The second kappa shape index (κ2) is 8.88. The molecule has 0 saturated heterocycles. The van der Waals surface area contributed by atoms with E-state index in [1.165, 1.54) is 31.6 Å². The number of aromatic nitrogens is 3. The molecule has 0 radical (unpaired) electrons. The summed E-state index contributed by atoms with van der Waals surface area (Å²) in [7, 11) is 1.52. The predicted molar refractivity (Wildman–Crippen MR) is 124 cm³/mol. The fourth-order valence-corrected chi connectivity index (χ4v) is 3.72. The van der Waals surface area contributed by atoms with Crippen LogP contribution in [0.5, 0.6) is 0 Å². The topological polar surface area (TPSA) is 130 Å². The Bertz CT molecular complexity index is 1400. The number of anilines is 2. The molecule has 0 unspecified atom stereocenters. The second-order valence-corrected chi connectivity index (χ2v) is 7.31. The number of hydrogen-bond acceptors (Lipinski definition) is 7. The van der Waals surface area contributed by atoms with Gasteiger partial charge in [0.25, 0.3) is 5.91 Å². The van der Waals surface area contributed by atoms with Gasteiger partial charge in [-0.05, 0) is 30.7 Å². The Morgan fingerprint density at radius 1 is 1.18 bits per heavy atom. The first-order valence-corrected chi connectivity index (χ1v) is 10.1. The van der Waals surface area contributed by atoms with Crippen LogP contribution in [-0.4, -0.2) is 27.9 Å². The Labute approximate surface area is 189 Å². The predicted octanol–water partition coefficient (Wildman–Crippen LogP) is 3.82. The number of fused-ring (bicyclic) bond motifs is 1. The van der Waals surface area contributed by atoms with Crippen molar-refractivity contribution in [2.75, 3.05) is 18.1 Å². The molecular weight excluding hydrogens is 421 g/mol. The largest absolute Gasteiger partial charge is 0.382 e. The van der Waals surface area contributed by atoms with Crippen molar-refractivity contribution >= 4 is 28.4 Å². The number of nitrogens with two attached hydrogens (primary N) is 1. The summed E-state index contributed by atoms with van der Waals surface area (Å²) in [6, 6.07) is 14.9. The lowest BCUT2D eigenvalue weighted by Gasteiger charge is -2.22. The number of nitrogens with one attached hydrogen (secondary N) is 2. The summed E-state index contributed by atoms with van der Waals surface area (Å²) in [6.07, 6.45) is 1.26. The van der Waals surface area contributed by atoms with Gasteiger partial charge in [-0.3, -0.25) is 4.79 Å². The number of benzene rings is 2. The molecule has 0 aliphatic rings. The number of amides is 1. The number of carbonyl (C=O) groups is 1. The number of pyridine rings is 1. The minimum atomic E-state index is -0.500. The molecule has 0 bridgehead atoms. The first kappa shape index (κ1) is 21.6. The summed E-state index contributed by atoms with van der Waals surface area (Å²) in [5, 5.41) is 15.7. The van der Waals surface area contributed by atoms with E-state index in [0.29, 0.717) is 27.7 Å². The van der Waals surface area contributed by atoms with Gasteiger partial charge in [0.2, 0.25) is 0 Å². The maximum absolute atomic E-state index is 14.2. The third-order valence-electron chi connectivity index (χ3n) is 5.24. The van der Waals surface area contributed by atoms with Crippen LogP contribution in [0.4, 0.5) is 16.0 Å². The lowest BCUT2D eigenvalue weighted by molar-refractivity contribution is 0.0965. The summed E-state index contributed by atoms with van der Waals surface area (Å²) in [5.41, 5.74) is 8.51. The highest BCUT2D eigenvalue weighted by molar-refractivity contribution is 6.12. The van der Waals surface area contributed by atoms with E-state index < -0.39 is 11.9 Å². The molecule has 4 aromatic rings. The first-order chi connectivity index (χ1) is 15.9. The average molecular weight is 441 g/mol. The fraction of sp³-hybridized carbons (Fsp3) is 0.125. The van der Waals surface area contributed by atoms with Gasteiger partial charge in [0.05, 0.1) is 22.8 Å². The van der Waals surface area contributed by atoms with Crippen LogP contribution >= 0.6 is 0 Å². The zero-order valence-corrected chi connectivity index (χ0v) is 17.9. The number of hydrogen-bond donors (Lipinski definition) is 3. The molecule has 4 rings (SSSR count). The summed E-state index contributed by atoms with van der Waals surface area (Å²) < 4.78 is 14.2. The normalized spacial score (nSPS) is 11.6. The number of rotatable bonds is 5. The van der Waals surface area contributed by atoms with Crippen LogP contribution < -0.4 is 16.4 Å². The number of nitrogens with zero attached hydrogens (tertiary/aromatic N) is 4. The number of carbonyl (C=O) groups excluding carboxylic acids is 1. The molecule has 2 aromatic heterocycles. The van der Waals surface area contributed by atoms with Gasteiger partial charge < -0.3 is 16.4 Å². The first-order valence-electron chi connectivity index (χ1n) is 10.1. The van der Waals surface area contributed by atoms with Crippen molar-refractivity contribution in [3.8, 4) is 17.2 Å². The average Bonchev–Trinajstić information content (AvgIpc) is 2.83. The molecule has 1 atom stereocenters. The van der Waals surface area contributed by atoms with E-state index >= 15 is 0 Å². The molecular formula is C24H20FN7O. The van der Waals surface area contributed by atoms with Crippen LogP contribution in [0.2, 0.25) is 0 Å². The van der Waals surface area contributed by atoms with Crippen LogP contribution in [0.25, 0.3) is 22.0 Å². The Morgan fingerprint density at radius 2 is 1.94 bits per heavy atom. The van der Waals surface area contributed by atoms with Crippen molar-refractivity contribution in [3.63, 3.8) is 0 Å². The lowest BCUT2D eigenvalue weighted by atomic mass is 9.91. The number of nitriles is 1. The number of halogens is 1. The van der Waals surface area contributed by atoms with Gasteiger partial charge in [-0.2, -0.15) is 5.26 Å². The maximum atomic E-state index is 14.2. The Kier molecular flexibility index (Phi) is 5.83. The maximum Gasteiger partial charge on any atom is 0.252 e. The van der Waals surface area contributed by atoms with Gasteiger partial charge in [-0.1, -0.05) is 30.3 Å². The highest BCUT2D eigenvalue weighted by Crippen LogP contribution is 2.36. The van der Waals surface area contributed by atoms with Gasteiger partial charge in [0.1, 0.15) is 35.4 Å². The minimum Gasteiger partial charge on any atom is -0.382 e. The summed E-state index contributed by atoms with van der Waals surface area (Å²) >= 11 is 0. The van der Waals surface area contributed by atoms with E-state index in [9.17, 15) is 14.4 Å². The highest BCUT2D eigenvalue weighted by atomic mass is 19.1. The molecule has 0 aliphatic heterocycles. The molecule has 33 heavy (non-hydrogen) atoms. The summed E-state index contributed by atoms with van der Waals surface area (Å²) in [6.45, 7) is 1.83. The smallest absolute Gasteiger partial charge is 0.252 e. The van der Waals surface area contributed by atoms with Crippen molar-refractivity contribution in [3.05, 3.63) is 77.5 Å². The Balaban J connectivity index is 2.00. The molecule has 164 valence electrons. The van der Waals surface area contributed by atoms with Crippen molar-refractivity contribution in [1.29, 1.82) is 5.26 Å². The van der Waals surface area contributed by atoms with Crippen LogP contribution in [0, 0.1) is 17.1 Å². The standard InChI is InChI=1S/C24H20FN7O/c1-13(31-23-17(11-26)22(27)29-12-30-23)21-19(14-6-4-3-5-7-14)20(24(33)28-2)16-10-15(25)8-9-18(16)32-21/h3-10,12-13H,1-2H3,(H,28,33)(H3,27,29,30,31)/t13-/m0/s1. The molecule has 9 heteroatoms. The van der Waals surface area contributed by atoms with Gasteiger partial charge in [0.15, 0.2) is 0 Å². The van der Waals surface area contributed by atoms with E-state index in [1.54, 1.807) is 0 Å². The lowest BCUT2D eigenvalue weighted by Crippen LogP contribution is -2.22. The zero-order valence-electron chi connectivity index (χ0n) is 17.9. The van der Waals surface area contributed by atoms with E-state index in [-0.39, 0.29) is 23.1 Å². The van der Waals surface area contributed by atoms with Crippen molar-refractivity contribution in [2.45, 2.75) is 13.0 Å². The van der Waals surface area contributed by atoms with Crippen LogP contribution in [0.3, 0.4) is 0 Å². The number of nitrogen functional groups attached to an aromatic ring is 1. The molecule has 2 heterocycles. The molecule has 0 saturated carbocycles. The van der Waals surface area contributed by atoms with E-state index in [1.807, 2.05) is 43.3 Å². The molecule has 2 aromatic carbocycles. The van der Waals surface area contributed by atoms with Gasteiger partial charge in [-0.25, -0.2) is 19.3 Å². The highest BCUT2D eigenvalue weighted by Gasteiger charge is 2.25. The SMILES string of the molecule is CNC(=O)c1c(-c2ccccc2)c([C@H](C)Nc2ncnc(N)c2C#N)nc2ccc(F)cc12. The van der Waals surface area contributed by atoms with E-state index in [2.05, 4.69) is 20.6 Å². The van der Waals surface area contributed by atoms with Crippen molar-refractivity contribution in [1.82, 2.24) is 20.3 Å². The van der Waals surface area contributed by atoms with Crippen LogP contribution in [0.1, 0.15) is 34.6 Å². The van der Waals surface area contributed by atoms with Gasteiger partial charge in [0, 0.05) is 18.0 Å². The second-order valence-electron chi connectivity index (χ2n) is 7.31. The van der Waals surface area contributed by atoms with E-state index in [4.69, 9.17) is 10.7 Å². The molecule has 0 fully saturated rings. The van der Waals surface area contributed by atoms with Crippen LogP contribution in [0.15, 0.2) is 54.9 Å². The minimum absolute atomic E-state index is 0.0541. The third-order valence-corrected chi connectivity index (χ3v) is 5.24. The summed E-state index contributed by atoms with van der Waals surface area (Å²) in [4.78, 5) is 25.8. The van der Waals surface area contributed by atoms with Crippen molar-refractivity contribution in [2.24, 2.45) is 0 Å². The van der Waals surface area contributed by atoms with Gasteiger partial charge >= 0.3 is 0 Å². The van der Waals surface area contributed by atoms with Crippen LogP contribution in [-0.2, 0) is 0 Å². The Morgan fingerprint density at radius 3 is 2.64 bits per heavy atom. The Hall–Kier alpha value is -4.58. The monoisotopic (exact) mass is 441 g/mol. The van der Waals surface area contributed by atoms with E-state index in [0.717, 1.165) is 5.56 Å².